The first-order chi connectivity index (χ1) is 20.6. The number of esters is 1. The topological polar surface area (TPSA) is 124 Å². The van der Waals surface area contributed by atoms with Crippen molar-refractivity contribution in [3.63, 3.8) is 0 Å². The SMILES string of the molecule is COC(=O)c1cc(F)c(-c2cccc3c2OCN(C(=O)c2c(Cl)cc(Br)c(N)c2N(C)N)C3)cc1N1B2CCC1COC2. The maximum absolute atomic E-state index is 15.8. The molecule has 14 heteroatoms. The molecule has 224 valence electrons. The number of ether oxygens (including phenoxy) is 3. The van der Waals surface area contributed by atoms with Gasteiger partial charge in [-0.25, -0.2) is 15.0 Å². The number of carbonyl (C=O) groups excluding carboxylic acids is 2. The predicted octanol–water partition coefficient (Wildman–Crippen LogP) is 4.72. The van der Waals surface area contributed by atoms with Gasteiger partial charge in [-0.3, -0.25) is 4.79 Å². The van der Waals surface area contributed by atoms with Gasteiger partial charge in [0.25, 0.3) is 12.8 Å². The molecule has 6 rings (SSSR count). The van der Waals surface area contributed by atoms with Crippen LogP contribution in [0.5, 0.6) is 5.75 Å². The van der Waals surface area contributed by atoms with Gasteiger partial charge in [0.05, 0.1) is 47.8 Å². The van der Waals surface area contributed by atoms with Crippen molar-refractivity contribution >= 4 is 63.3 Å². The first kappa shape index (κ1) is 29.6. The summed E-state index contributed by atoms with van der Waals surface area (Å²) in [5.41, 5.74) is 9.13. The van der Waals surface area contributed by atoms with Gasteiger partial charge in [0.15, 0.2) is 6.73 Å². The number of nitrogens with zero attached hydrogens (tertiary/aromatic N) is 3. The number of benzene rings is 3. The molecule has 3 aromatic carbocycles. The summed E-state index contributed by atoms with van der Waals surface area (Å²) in [6.45, 7) is 1.20. The van der Waals surface area contributed by atoms with E-state index in [0.29, 0.717) is 40.1 Å². The Morgan fingerprint density at radius 2 is 2.05 bits per heavy atom. The Hall–Kier alpha value is -3.52. The highest BCUT2D eigenvalue weighted by Gasteiger charge is 2.42. The van der Waals surface area contributed by atoms with E-state index in [0.717, 1.165) is 12.7 Å². The molecule has 0 saturated carbocycles. The Morgan fingerprint density at radius 3 is 2.77 bits per heavy atom. The van der Waals surface area contributed by atoms with Crippen molar-refractivity contribution in [2.45, 2.75) is 25.3 Å². The molecule has 3 aliphatic heterocycles. The highest BCUT2D eigenvalue weighted by molar-refractivity contribution is 9.10. The fourth-order valence-electron chi connectivity index (χ4n) is 6.24. The maximum Gasteiger partial charge on any atom is 0.340 e. The number of para-hydroxylation sites is 1. The summed E-state index contributed by atoms with van der Waals surface area (Å²) in [6, 6.07) is 9.91. The fourth-order valence-corrected chi connectivity index (χ4v) is 7.07. The summed E-state index contributed by atoms with van der Waals surface area (Å²) >= 11 is 9.85. The normalized spacial score (nSPS) is 17.4. The van der Waals surface area contributed by atoms with Crippen LogP contribution in [-0.4, -0.2) is 63.7 Å². The molecular weight excluding hydrogens is 644 g/mol. The third kappa shape index (κ3) is 5.07. The van der Waals surface area contributed by atoms with Crippen LogP contribution in [0, 0.1) is 5.82 Å². The molecule has 43 heavy (non-hydrogen) atoms. The van der Waals surface area contributed by atoms with E-state index < -0.39 is 17.7 Å². The molecule has 3 aliphatic rings. The third-order valence-electron chi connectivity index (χ3n) is 8.22. The molecule has 3 heterocycles. The van der Waals surface area contributed by atoms with Crippen molar-refractivity contribution in [1.82, 2.24) is 4.90 Å². The number of hydrogen-bond acceptors (Lipinski definition) is 9. The van der Waals surface area contributed by atoms with Crippen LogP contribution in [0.3, 0.4) is 0 Å². The summed E-state index contributed by atoms with van der Waals surface area (Å²) in [6.07, 6.45) is 1.84. The number of anilines is 3. The third-order valence-corrected chi connectivity index (χ3v) is 9.17. The summed E-state index contributed by atoms with van der Waals surface area (Å²) in [7, 11) is 2.85. The molecule has 1 unspecified atom stereocenters. The van der Waals surface area contributed by atoms with Crippen molar-refractivity contribution in [2.75, 3.05) is 49.6 Å². The second-order valence-electron chi connectivity index (χ2n) is 10.8. The number of nitrogens with two attached hydrogens (primary N) is 2. The predicted molar refractivity (Wildman–Crippen MR) is 167 cm³/mol. The van der Waals surface area contributed by atoms with Crippen LogP contribution in [0.1, 0.15) is 32.7 Å². The molecule has 2 saturated heterocycles. The zero-order valence-electron chi connectivity index (χ0n) is 23.5. The lowest BCUT2D eigenvalue weighted by Crippen LogP contribution is -2.49. The van der Waals surface area contributed by atoms with Gasteiger partial charge in [0, 0.05) is 46.4 Å². The first-order valence-corrected chi connectivity index (χ1v) is 14.9. The number of methoxy groups -OCH3 is 1. The lowest BCUT2D eigenvalue weighted by molar-refractivity contribution is 0.0516. The zero-order valence-corrected chi connectivity index (χ0v) is 25.9. The second kappa shape index (κ2) is 11.5. The molecule has 3 aromatic rings. The molecule has 0 radical (unpaired) electrons. The van der Waals surface area contributed by atoms with E-state index in [-0.39, 0.29) is 59.3 Å². The van der Waals surface area contributed by atoms with Crippen molar-refractivity contribution in [3.05, 3.63) is 68.4 Å². The minimum atomic E-state index is -0.610. The van der Waals surface area contributed by atoms with Crippen molar-refractivity contribution in [3.8, 4) is 16.9 Å². The van der Waals surface area contributed by atoms with Crippen LogP contribution in [0.25, 0.3) is 11.1 Å². The molecule has 1 atom stereocenters. The van der Waals surface area contributed by atoms with Gasteiger partial charge in [-0.2, -0.15) is 0 Å². The van der Waals surface area contributed by atoms with Gasteiger partial charge in [-0.1, -0.05) is 29.8 Å². The summed E-state index contributed by atoms with van der Waals surface area (Å²) < 4.78 is 33.2. The Kier molecular flexibility index (Phi) is 7.92. The lowest BCUT2D eigenvalue weighted by Gasteiger charge is -2.37. The van der Waals surface area contributed by atoms with Gasteiger partial charge in [-0.05, 0) is 46.9 Å². The van der Waals surface area contributed by atoms with Crippen LogP contribution >= 0.6 is 27.5 Å². The smallest absolute Gasteiger partial charge is 0.340 e. The lowest BCUT2D eigenvalue weighted by atomic mass is 9.60. The number of amides is 1. The molecule has 0 aromatic heterocycles. The fraction of sp³-hybridized carbons (Fsp3) is 0.310. The molecule has 2 bridgehead atoms. The van der Waals surface area contributed by atoms with E-state index >= 15 is 4.39 Å². The number of nitrogen functional groups attached to an aromatic ring is 1. The first-order valence-electron chi connectivity index (χ1n) is 13.7. The molecule has 10 nitrogen and oxygen atoms in total. The van der Waals surface area contributed by atoms with Crippen LogP contribution in [0.4, 0.5) is 21.5 Å². The van der Waals surface area contributed by atoms with E-state index in [2.05, 4.69) is 20.7 Å². The van der Waals surface area contributed by atoms with E-state index in [1.807, 2.05) is 6.07 Å². The molecule has 0 aliphatic carbocycles. The van der Waals surface area contributed by atoms with E-state index in [9.17, 15) is 9.59 Å². The van der Waals surface area contributed by atoms with Crippen molar-refractivity contribution < 1.29 is 28.2 Å². The van der Waals surface area contributed by atoms with E-state index in [4.69, 9.17) is 37.4 Å². The van der Waals surface area contributed by atoms with E-state index in [1.54, 1.807) is 31.3 Å². The Bertz CT molecular complexity index is 1630. The summed E-state index contributed by atoms with van der Waals surface area (Å²) in [5.74, 6) is 4.84. The monoisotopic (exact) mass is 671 g/mol. The van der Waals surface area contributed by atoms with Crippen LogP contribution < -0.4 is 26.1 Å². The Balaban J connectivity index is 1.38. The number of rotatable bonds is 5. The van der Waals surface area contributed by atoms with Crippen molar-refractivity contribution in [1.29, 1.82) is 0 Å². The van der Waals surface area contributed by atoms with Crippen molar-refractivity contribution in [2.24, 2.45) is 5.84 Å². The molecule has 1 amide bonds. The average molecular weight is 673 g/mol. The van der Waals surface area contributed by atoms with E-state index in [1.165, 1.54) is 23.1 Å². The van der Waals surface area contributed by atoms with Crippen LogP contribution in [0.15, 0.2) is 40.9 Å². The second-order valence-corrected chi connectivity index (χ2v) is 12.1. The number of carbonyl (C=O) groups is 2. The van der Waals surface area contributed by atoms with Gasteiger partial charge in [0.1, 0.15) is 11.6 Å². The zero-order chi connectivity index (χ0) is 30.6. The Labute approximate surface area is 261 Å². The average Bonchev–Trinajstić information content (AvgIpc) is 3.23. The number of hydrazine groups is 1. The standard InChI is InChI=1S/C29H29BBrClFN5O5/c1-36(35)26-24(21(32)10-20(31)25(26)34)28(39)37-11-15-4-3-5-17(27(15)43-14-37)18-9-23(19(8-22(18)33)29(40)41-2)38-16-6-7-30(38)13-42-12-16/h3-5,8-10,16H,6-7,11-14,34-35H2,1-2H3. The summed E-state index contributed by atoms with van der Waals surface area (Å²) in [5, 5.41) is 1.42. The number of hydrogen-bond donors (Lipinski definition) is 2. The largest absolute Gasteiger partial charge is 0.472 e. The van der Waals surface area contributed by atoms with Crippen LogP contribution in [0.2, 0.25) is 11.3 Å². The van der Waals surface area contributed by atoms with Gasteiger partial charge in [-0.15, -0.1) is 0 Å². The quantitative estimate of drug-likeness (QED) is 0.130. The minimum Gasteiger partial charge on any atom is -0.472 e. The molecule has 4 N–H and O–H groups in total. The summed E-state index contributed by atoms with van der Waals surface area (Å²) in [4.78, 5) is 30.1. The van der Waals surface area contributed by atoms with Gasteiger partial charge in [0.2, 0.25) is 0 Å². The maximum atomic E-state index is 15.8. The van der Waals surface area contributed by atoms with Crippen LogP contribution in [-0.2, 0) is 16.0 Å². The highest BCUT2D eigenvalue weighted by atomic mass is 79.9. The molecule has 2 fully saturated rings. The highest BCUT2D eigenvalue weighted by Crippen LogP contribution is 2.44. The van der Waals surface area contributed by atoms with Gasteiger partial charge < -0.3 is 34.7 Å². The Morgan fingerprint density at radius 1 is 1.26 bits per heavy atom. The number of halogens is 3. The molecule has 0 spiro atoms. The van der Waals surface area contributed by atoms with Gasteiger partial charge >= 0.3 is 5.97 Å². The minimum absolute atomic E-state index is 0.0814. The molecular formula is C29H29BBrClFN5O5. The number of fused-ring (bicyclic) bond motifs is 3.